The summed E-state index contributed by atoms with van der Waals surface area (Å²) in [5.74, 6) is 0.0288. The maximum Gasteiger partial charge on any atom is 0.387 e. The van der Waals surface area contributed by atoms with Gasteiger partial charge in [0.05, 0.1) is 4.90 Å². The fraction of sp³-hybridized carbons (Fsp3) is 0.250. The first kappa shape index (κ1) is 17.4. The van der Waals surface area contributed by atoms with Gasteiger partial charge in [-0.3, -0.25) is 0 Å². The van der Waals surface area contributed by atoms with Gasteiger partial charge in [0.1, 0.15) is 5.75 Å². The van der Waals surface area contributed by atoms with E-state index in [9.17, 15) is 17.2 Å². The second kappa shape index (κ2) is 7.06. The highest BCUT2D eigenvalue weighted by Crippen LogP contribution is 2.18. The summed E-state index contributed by atoms with van der Waals surface area (Å²) in [7, 11) is -3.64. The zero-order valence-electron chi connectivity index (χ0n) is 12.7. The van der Waals surface area contributed by atoms with Crippen LogP contribution in [0.1, 0.15) is 16.7 Å². The summed E-state index contributed by atoms with van der Waals surface area (Å²) in [6.45, 7) is 0.721. The van der Waals surface area contributed by atoms with E-state index in [1.165, 1.54) is 24.3 Å². The molecule has 2 aromatic carbocycles. The van der Waals surface area contributed by atoms with Gasteiger partial charge in [0.2, 0.25) is 10.0 Å². The van der Waals surface area contributed by atoms with Crippen molar-refractivity contribution in [1.82, 2.24) is 4.72 Å². The summed E-state index contributed by atoms with van der Waals surface area (Å²) < 4.78 is 55.6. The molecule has 0 saturated carbocycles. The van der Waals surface area contributed by atoms with Gasteiger partial charge in [0.25, 0.3) is 0 Å². The zero-order chi connectivity index (χ0) is 17.0. The Kier molecular flexibility index (Phi) is 5.33. The van der Waals surface area contributed by atoms with E-state index in [4.69, 9.17) is 0 Å². The molecular weight excluding hydrogens is 324 g/mol. The lowest BCUT2D eigenvalue weighted by molar-refractivity contribution is -0.0498. The highest BCUT2D eigenvalue weighted by molar-refractivity contribution is 7.89. The van der Waals surface area contributed by atoms with E-state index >= 15 is 0 Å². The fourth-order valence-electron chi connectivity index (χ4n) is 2.04. The molecule has 0 aliphatic rings. The Bertz CT molecular complexity index is 774. The number of benzene rings is 2. The molecule has 0 fully saturated rings. The molecule has 2 rings (SSSR count). The number of aryl methyl sites for hydroxylation is 2. The van der Waals surface area contributed by atoms with Gasteiger partial charge in [-0.05, 0) is 48.7 Å². The predicted octanol–water partition coefficient (Wildman–Crippen LogP) is 3.38. The van der Waals surface area contributed by atoms with Crippen molar-refractivity contribution in [2.45, 2.75) is 31.9 Å². The summed E-state index contributed by atoms with van der Waals surface area (Å²) in [6.07, 6.45) is 0. The summed E-state index contributed by atoms with van der Waals surface area (Å²) in [5, 5.41) is 0. The number of halogens is 2. The van der Waals surface area contributed by atoms with Crippen LogP contribution in [0.2, 0.25) is 0 Å². The second-order valence-electron chi connectivity index (χ2n) is 5.12. The largest absolute Gasteiger partial charge is 0.435 e. The van der Waals surface area contributed by atoms with Gasteiger partial charge >= 0.3 is 6.61 Å². The molecule has 1 N–H and O–H groups in total. The number of ether oxygens (including phenoxy) is 1. The first-order valence-corrected chi connectivity index (χ1v) is 8.37. The van der Waals surface area contributed by atoms with Crippen LogP contribution < -0.4 is 9.46 Å². The molecule has 0 spiro atoms. The van der Waals surface area contributed by atoms with Crippen LogP contribution in [-0.2, 0) is 16.6 Å². The van der Waals surface area contributed by atoms with Crippen LogP contribution in [-0.4, -0.2) is 15.0 Å². The maximum atomic E-state index is 12.4. The lowest BCUT2D eigenvalue weighted by Crippen LogP contribution is -2.24. The van der Waals surface area contributed by atoms with Gasteiger partial charge in [-0.25, -0.2) is 13.1 Å². The highest BCUT2D eigenvalue weighted by Gasteiger charge is 2.16. The minimum Gasteiger partial charge on any atom is -0.435 e. The van der Waals surface area contributed by atoms with Crippen LogP contribution >= 0.6 is 0 Å². The molecule has 4 nitrogen and oxygen atoms in total. The fourth-order valence-corrected chi connectivity index (χ4v) is 3.39. The number of alkyl halides is 2. The lowest BCUT2D eigenvalue weighted by atomic mass is 10.2. The van der Waals surface area contributed by atoms with Gasteiger partial charge < -0.3 is 4.74 Å². The summed E-state index contributed by atoms with van der Waals surface area (Å²) in [6, 6.07) is 11.0. The molecule has 0 saturated heterocycles. The van der Waals surface area contributed by atoms with Crippen molar-refractivity contribution < 1.29 is 21.9 Å². The minimum atomic E-state index is -3.64. The molecule has 124 valence electrons. The van der Waals surface area contributed by atoms with Crippen molar-refractivity contribution in [3.05, 3.63) is 59.2 Å². The third-order valence-corrected chi connectivity index (χ3v) is 4.79. The van der Waals surface area contributed by atoms with Gasteiger partial charge in [-0.1, -0.05) is 24.3 Å². The Balaban J connectivity index is 2.08. The molecule has 0 amide bonds. The molecule has 0 unspecified atom stereocenters. The summed E-state index contributed by atoms with van der Waals surface area (Å²) in [5.41, 5.74) is 2.15. The molecule has 7 heteroatoms. The second-order valence-corrected chi connectivity index (χ2v) is 6.85. The third kappa shape index (κ3) is 4.74. The topological polar surface area (TPSA) is 55.4 Å². The van der Waals surface area contributed by atoms with E-state index in [0.29, 0.717) is 11.1 Å². The number of hydrogen-bond acceptors (Lipinski definition) is 3. The van der Waals surface area contributed by atoms with Crippen LogP contribution in [0.25, 0.3) is 0 Å². The molecule has 0 aliphatic carbocycles. The molecule has 0 bridgehead atoms. The zero-order valence-corrected chi connectivity index (χ0v) is 13.5. The Morgan fingerprint density at radius 3 is 2.35 bits per heavy atom. The quantitative estimate of drug-likeness (QED) is 0.876. The molecule has 2 aromatic rings. The van der Waals surface area contributed by atoms with Crippen LogP contribution in [0.15, 0.2) is 47.4 Å². The molecule has 0 aromatic heterocycles. The van der Waals surface area contributed by atoms with Crippen LogP contribution in [0, 0.1) is 13.8 Å². The average molecular weight is 341 g/mol. The number of sulfonamides is 1. The van der Waals surface area contributed by atoms with Crippen molar-refractivity contribution in [3.63, 3.8) is 0 Å². The van der Waals surface area contributed by atoms with Crippen molar-refractivity contribution in [1.29, 1.82) is 0 Å². The predicted molar refractivity (Wildman–Crippen MR) is 83.0 cm³/mol. The molecule has 0 heterocycles. The Labute approximate surface area is 134 Å². The number of hydrogen-bond donors (Lipinski definition) is 1. The normalized spacial score (nSPS) is 11.7. The first-order valence-electron chi connectivity index (χ1n) is 6.88. The van der Waals surface area contributed by atoms with Gasteiger partial charge in [0, 0.05) is 6.54 Å². The third-order valence-electron chi connectivity index (χ3n) is 3.25. The van der Waals surface area contributed by atoms with Gasteiger partial charge in [-0.15, -0.1) is 0 Å². The van der Waals surface area contributed by atoms with Crippen LogP contribution in [0.3, 0.4) is 0 Å². The number of nitrogens with one attached hydrogen (secondary N) is 1. The highest BCUT2D eigenvalue weighted by atomic mass is 32.2. The van der Waals surface area contributed by atoms with Crippen molar-refractivity contribution in [2.24, 2.45) is 0 Å². The molecule has 0 radical (unpaired) electrons. The minimum absolute atomic E-state index is 0.0288. The lowest BCUT2D eigenvalue weighted by Gasteiger charge is -2.11. The van der Waals surface area contributed by atoms with Crippen LogP contribution in [0.4, 0.5) is 8.78 Å². The van der Waals surface area contributed by atoms with E-state index in [1.807, 2.05) is 13.0 Å². The van der Waals surface area contributed by atoms with E-state index < -0.39 is 16.6 Å². The molecule has 0 aliphatic heterocycles. The Hall–Kier alpha value is -1.99. The molecular formula is C16H17F2NO3S. The van der Waals surface area contributed by atoms with Crippen molar-refractivity contribution in [2.75, 3.05) is 0 Å². The van der Waals surface area contributed by atoms with E-state index in [0.717, 1.165) is 5.56 Å². The average Bonchev–Trinajstić information content (AvgIpc) is 2.48. The van der Waals surface area contributed by atoms with E-state index in [-0.39, 0.29) is 17.2 Å². The SMILES string of the molecule is Cc1ccc(C)c(S(=O)(=O)NCc2ccc(OC(F)F)cc2)c1. The van der Waals surface area contributed by atoms with Crippen molar-refractivity contribution in [3.8, 4) is 5.75 Å². The van der Waals surface area contributed by atoms with Crippen molar-refractivity contribution >= 4 is 10.0 Å². The van der Waals surface area contributed by atoms with E-state index in [2.05, 4.69) is 9.46 Å². The Morgan fingerprint density at radius 2 is 1.74 bits per heavy atom. The Morgan fingerprint density at radius 1 is 1.09 bits per heavy atom. The monoisotopic (exact) mass is 341 g/mol. The van der Waals surface area contributed by atoms with Gasteiger partial charge in [-0.2, -0.15) is 8.78 Å². The standard InChI is InChI=1S/C16H17F2NO3S/c1-11-3-4-12(2)15(9-11)23(20,21)19-10-13-5-7-14(8-6-13)22-16(17)18/h3-9,16,19H,10H2,1-2H3. The summed E-state index contributed by atoms with van der Waals surface area (Å²) >= 11 is 0. The van der Waals surface area contributed by atoms with Gasteiger partial charge in [0.15, 0.2) is 0 Å². The summed E-state index contributed by atoms with van der Waals surface area (Å²) in [4.78, 5) is 0.232. The molecule has 23 heavy (non-hydrogen) atoms. The molecule has 0 atom stereocenters. The maximum absolute atomic E-state index is 12.4. The number of rotatable bonds is 6. The first-order chi connectivity index (χ1) is 10.8. The van der Waals surface area contributed by atoms with Crippen LogP contribution in [0.5, 0.6) is 5.75 Å². The van der Waals surface area contributed by atoms with E-state index in [1.54, 1.807) is 19.1 Å². The smallest absolute Gasteiger partial charge is 0.387 e.